The second-order valence-corrected chi connectivity index (χ2v) is 10.4. The number of rotatable bonds is 6. The number of hydrogen-bond donors (Lipinski definition) is 0. The van der Waals surface area contributed by atoms with Gasteiger partial charge in [0, 0.05) is 23.7 Å². The van der Waals surface area contributed by atoms with Crippen LogP contribution in [0.2, 0.25) is 0 Å². The number of aryl methyl sites for hydroxylation is 1. The molecule has 0 unspecified atom stereocenters. The fraction of sp³-hybridized carbons (Fsp3) is 0.412. The first-order valence-corrected chi connectivity index (χ1v) is 11.7. The van der Waals surface area contributed by atoms with Crippen molar-refractivity contribution in [1.82, 2.24) is 9.88 Å². The molecule has 0 spiro atoms. The van der Waals surface area contributed by atoms with Crippen molar-refractivity contribution in [2.75, 3.05) is 17.3 Å². The molecule has 5 nitrogen and oxygen atoms in total. The molecule has 2 aromatic rings. The van der Waals surface area contributed by atoms with Crippen LogP contribution in [0.4, 0.5) is 0 Å². The Labute approximate surface area is 156 Å². The summed E-state index contributed by atoms with van der Waals surface area (Å²) < 4.78 is 24.6. The molecule has 1 saturated heterocycles. The van der Waals surface area contributed by atoms with Crippen molar-refractivity contribution in [3.8, 4) is 0 Å². The van der Waals surface area contributed by atoms with E-state index in [1.54, 1.807) is 4.90 Å². The molecule has 1 atom stereocenters. The fourth-order valence-electron chi connectivity index (χ4n) is 2.83. The molecule has 3 rings (SSSR count). The van der Waals surface area contributed by atoms with E-state index < -0.39 is 9.84 Å². The minimum atomic E-state index is -3.04. The summed E-state index contributed by atoms with van der Waals surface area (Å²) in [5.74, 6) is 0.460. The Morgan fingerprint density at radius 3 is 2.72 bits per heavy atom. The highest BCUT2D eigenvalue weighted by Gasteiger charge is 2.34. The summed E-state index contributed by atoms with van der Waals surface area (Å²) in [7, 11) is -3.04. The highest BCUT2D eigenvalue weighted by molar-refractivity contribution is 8.01. The summed E-state index contributed by atoms with van der Waals surface area (Å²) >= 11 is 2.94. The van der Waals surface area contributed by atoms with Crippen molar-refractivity contribution in [1.29, 1.82) is 0 Å². The predicted octanol–water partition coefficient (Wildman–Crippen LogP) is 2.76. The Hall–Kier alpha value is -1.38. The van der Waals surface area contributed by atoms with Crippen molar-refractivity contribution in [2.45, 2.75) is 30.3 Å². The Kier molecular flexibility index (Phi) is 5.81. The normalized spacial score (nSPS) is 19.0. The van der Waals surface area contributed by atoms with Crippen LogP contribution < -0.4 is 0 Å². The monoisotopic (exact) mass is 396 g/mol. The number of amides is 1. The van der Waals surface area contributed by atoms with Crippen LogP contribution in [0.1, 0.15) is 17.7 Å². The molecule has 1 amide bonds. The Balaban J connectivity index is 1.71. The van der Waals surface area contributed by atoms with Crippen LogP contribution in [0.5, 0.6) is 0 Å². The van der Waals surface area contributed by atoms with Crippen LogP contribution in [0, 0.1) is 6.92 Å². The Morgan fingerprint density at radius 2 is 2.12 bits per heavy atom. The first-order chi connectivity index (χ1) is 11.9. The van der Waals surface area contributed by atoms with Gasteiger partial charge in [0.05, 0.1) is 17.3 Å². The Bertz CT molecular complexity index is 834. The lowest BCUT2D eigenvalue weighted by atomic mass is 10.1. The van der Waals surface area contributed by atoms with Gasteiger partial charge in [-0.25, -0.2) is 13.4 Å². The molecule has 25 heavy (non-hydrogen) atoms. The molecule has 0 N–H and O–H groups in total. The number of nitrogens with zero attached hydrogens (tertiary/aromatic N) is 2. The molecular weight excluding hydrogens is 376 g/mol. The number of thiazole rings is 1. The SMILES string of the molecule is Cc1csc(SCC(=O)N(Cc2ccccc2)[C@H]2CCS(=O)(=O)C2)n1. The van der Waals surface area contributed by atoms with Gasteiger partial charge >= 0.3 is 0 Å². The van der Waals surface area contributed by atoms with Crippen molar-refractivity contribution < 1.29 is 13.2 Å². The second kappa shape index (κ2) is 7.88. The van der Waals surface area contributed by atoms with E-state index in [9.17, 15) is 13.2 Å². The van der Waals surface area contributed by atoms with Gasteiger partial charge in [-0.3, -0.25) is 4.79 Å². The highest BCUT2D eigenvalue weighted by atomic mass is 32.2. The molecule has 0 bridgehead atoms. The van der Waals surface area contributed by atoms with Crippen molar-refractivity contribution >= 4 is 38.8 Å². The molecule has 0 radical (unpaired) electrons. The number of sulfone groups is 1. The van der Waals surface area contributed by atoms with Gasteiger partial charge in [0.1, 0.15) is 0 Å². The standard InChI is InChI=1S/C17H20N2O3S3/c1-13-10-23-17(18-13)24-11-16(20)19(9-14-5-3-2-4-6-14)15-7-8-25(21,22)12-15/h2-6,10,15H,7-9,11-12H2,1H3/t15-/m0/s1. The van der Waals surface area contributed by atoms with E-state index in [0.717, 1.165) is 15.6 Å². The van der Waals surface area contributed by atoms with Gasteiger partial charge in [-0.1, -0.05) is 42.1 Å². The summed E-state index contributed by atoms with van der Waals surface area (Å²) in [6, 6.07) is 9.46. The van der Waals surface area contributed by atoms with Crippen LogP contribution in [0.25, 0.3) is 0 Å². The van der Waals surface area contributed by atoms with E-state index in [1.165, 1.54) is 23.1 Å². The maximum Gasteiger partial charge on any atom is 0.233 e. The maximum absolute atomic E-state index is 12.8. The molecule has 1 aliphatic rings. The average molecular weight is 397 g/mol. The van der Waals surface area contributed by atoms with E-state index in [-0.39, 0.29) is 29.2 Å². The van der Waals surface area contributed by atoms with Crippen molar-refractivity contribution in [2.24, 2.45) is 0 Å². The van der Waals surface area contributed by atoms with Crippen LogP contribution in [-0.4, -0.2) is 47.5 Å². The van der Waals surface area contributed by atoms with Crippen molar-refractivity contribution in [3.05, 3.63) is 47.0 Å². The van der Waals surface area contributed by atoms with Gasteiger partial charge in [-0.2, -0.15) is 0 Å². The first kappa shape index (κ1) is 18.4. The number of aromatic nitrogens is 1. The third kappa shape index (κ3) is 5.05. The summed E-state index contributed by atoms with van der Waals surface area (Å²) in [6.45, 7) is 2.37. The van der Waals surface area contributed by atoms with E-state index in [1.807, 2.05) is 42.6 Å². The summed E-state index contributed by atoms with van der Waals surface area (Å²) in [6.07, 6.45) is 0.516. The zero-order chi connectivity index (χ0) is 17.9. The fourth-order valence-corrected chi connectivity index (χ4v) is 6.29. The minimum Gasteiger partial charge on any atom is -0.334 e. The van der Waals surface area contributed by atoms with Crippen LogP contribution in [0.3, 0.4) is 0 Å². The minimum absolute atomic E-state index is 0.0381. The van der Waals surface area contributed by atoms with Gasteiger partial charge in [0.15, 0.2) is 14.2 Å². The first-order valence-electron chi connectivity index (χ1n) is 8.02. The quantitative estimate of drug-likeness (QED) is 0.703. The number of hydrogen-bond acceptors (Lipinski definition) is 6. The number of benzene rings is 1. The summed E-state index contributed by atoms with van der Waals surface area (Å²) in [5, 5.41) is 1.96. The maximum atomic E-state index is 12.8. The molecule has 1 aromatic heterocycles. The molecule has 0 aliphatic carbocycles. The Morgan fingerprint density at radius 1 is 1.36 bits per heavy atom. The van der Waals surface area contributed by atoms with Gasteiger partial charge in [0.25, 0.3) is 0 Å². The number of carbonyl (C=O) groups excluding carboxylic acids is 1. The molecule has 1 aliphatic heterocycles. The lowest BCUT2D eigenvalue weighted by Crippen LogP contribution is -2.41. The van der Waals surface area contributed by atoms with E-state index in [0.29, 0.717) is 13.0 Å². The topological polar surface area (TPSA) is 67.3 Å². The average Bonchev–Trinajstić information content (AvgIpc) is 3.16. The van der Waals surface area contributed by atoms with Gasteiger partial charge in [-0.05, 0) is 18.9 Å². The smallest absolute Gasteiger partial charge is 0.233 e. The number of carbonyl (C=O) groups is 1. The highest BCUT2D eigenvalue weighted by Crippen LogP contribution is 2.25. The van der Waals surface area contributed by atoms with E-state index in [4.69, 9.17) is 0 Å². The molecule has 134 valence electrons. The largest absolute Gasteiger partial charge is 0.334 e. The zero-order valence-corrected chi connectivity index (χ0v) is 16.4. The molecule has 8 heteroatoms. The van der Waals surface area contributed by atoms with Gasteiger partial charge in [-0.15, -0.1) is 11.3 Å². The molecule has 2 heterocycles. The third-order valence-corrected chi connectivity index (χ3v) is 7.96. The summed E-state index contributed by atoms with van der Waals surface area (Å²) in [4.78, 5) is 18.9. The van der Waals surface area contributed by atoms with E-state index >= 15 is 0 Å². The van der Waals surface area contributed by atoms with Crippen LogP contribution in [0.15, 0.2) is 40.1 Å². The lowest BCUT2D eigenvalue weighted by molar-refractivity contribution is -0.130. The molecule has 0 saturated carbocycles. The molecule has 1 aromatic carbocycles. The van der Waals surface area contributed by atoms with Crippen LogP contribution >= 0.6 is 23.1 Å². The molecule has 1 fully saturated rings. The van der Waals surface area contributed by atoms with Crippen molar-refractivity contribution in [3.63, 3.8) is 0 Å². The van der Waals surface area contributed by atoms with E-state index in [2.05, 4.69) is 4.98 Å². The van der Waals surface area contributed by atoms with Gasteiger partial charge < -0.3 is 4.90 Å². The van der Waals surface area contributed by atoms with Crippen LogP contribution in [-0.2, 0) is 21.2 Å². The van der Waals surface area contributed by atoms with Gasteiger partial charge in [0.2, 0.25) is 5.91 Å². The summed E-state index contributed by atoms with van der Waals surface area (Å²) in [5.41, 5.74) is 1.96. The lowest BCUT2D eigenvalue weighted by Gasteiger charge is -2.28. The second-order valence-electron chi connectivity index (χ2n) is 6.11. The number of thioether (sulfide) groups is 1. The molecular formula is C17H20N2O3S3. The third-order valence-electron chi connectivity index (χ3n) is 4.08. The zero-order valence-electron chi connectivity index (χ0n) is 13.9. The predicted molar refractivity (Wildman–Crippen MR) is 102 cm³/mol.